The number of nitrogens with two attached hydrogens (primary N) is 1. The van der Waals surface area contributed by atoms with E-state index in [1.165, 1.54) is 26.1 Å². The van der Waals surface area contributed by atoms with Crippen LogP contribution in [0, 0.1) is 11.3 Å². The van der Waals surface area contributed by atoms with Crippen molar-refractivity contribution in [3.63, 3.8) is 0 Å². The lowest BCUT2D eigenvalue weighted by Gasteiger charge is -2.41. The summed E-state index contributed by atoms with van der Waals surface area (Å²) in [6.07, 6.45) is 1.33. The van der Waals surface area contributed by atoms with Crippen molar-refractivity contribution >= 4 is 0 Å². The highest BCUT2D eigenvalue weighted by Crippen LogP contribution is 2.27. The Morgan fingerprint density at radius 1 is 1.41 bits per heavy atom. The van der Waals surface area contributed by atoms with Crippen molar-refractivity contribution in [3.05, 3.63) is 0 Å². The smallest absolute Gasteiger partial charge is 0.0289 e. The molecule has 0 aromatic carbocycles. The Balaban J connectivity index is 2.57. The molecular weight excluding hydrogens is 210 g/mol. The second-order valence-electron chi connectivity index (χ2n) is 7.03. The highest BCUT2D eigenvalue weighted by Gasteiger charge is 2.33. The Labute approximate surface area is 107 Å². The second-order valence-corrected chi connectivity index (χ2v) is 7.03. The van der Waals surface area contributed by atoms with E-state index in [1.54, 1.807) is 0 Å². The van der Waals surface area contributed by atoms with Crippen LogP contribution in [-0.2, 0) is 0 Å². The quantitative estimate of drug-likeness (QED) is 0.812. The lowest BCUT2D eigenvalue weighted by Crippen LogP contribution is -2.53. The lowest BCUT2D eigenvalue weighted by atomic mass is 9.81. The van der Waals surface area contributed by atoms with Crippen LogP contribution in [0.25, 0.3) is 0 Å². The van der Waals surface area contributed by atoms with Crippen LogP contribution >= 0.6 is 0 Å². The largest absolute Gasteiger partial charge is 0.327 e. The summed E-state index contributed by atoms with van der Waals surface area (Å²) in [5.41, 5.74) is 6.42. The average Bonchev–Trinajstić information content (AvgIpc) is 2.46. The van der Waals surface area contributed by atoms with E-state index in [1.807, 2.05) is 0 Å². The van der Waals surface area contributed by atoms with E-state index in [2.05, 4.69) is 51.6 Å². The summed E-state index contributed by atoms with van der Waals surface area (Å²) >= 11 is 0. The van der Waals surface area contributed by atoms with E-state index < -0.39 is 0 Å². The van der Waals surface area contributed by atoms with E-state index in [4.69, 9.17) is 5.73 Å². The van der Waals surface area contributed by atoms with E-state index in [9.17, 15) is 0 Å². The average molecular weight is 241 g/mol. The fourth-order valence-corrected chi connectivity index (χ4v) is 3.55. The molecule has 1 heterocycles. The van der Waals surface area contributed by atoms with Crippen molar-refractivity contribution in [1.29, 1.82) is 0 Å². The van der Waals surface area contributed by atoms with Gasteiger partial charge in [0.15, 0.2) is 0 Å². The SMILES string of the molecule is CC(N)C(N(C)CC1CCN(C)C1)C(C)(C)C. The molecule has 3 unspecified atom stereocenters. The van der Waals surface area contributed by atoms with Crippen molar-refractivity contribution < 1.29 is 0 Å². The molecule has 17 heavy (non-hydrogen) atoms. The van der Waals surface area contributed by atoms with Gasteiger partial charge in [0, 0.05) is 25.2 Å². The number of hydrogen-bond acceptors (Lipinski definition) is 3. The zero-order chi connectivity index (χ0) is 13.2. The zero-order valence-electron chi connectivity index (χ0n) is 12.5. The van der Waals surface area contributed by atoms with Gasteiger partial charge in [-0.1, -0.05) is 20.8 Å². The molecule has 1 saturated heterocycles. The summed E-state index contributed by atoms with van der Waals surface area (Å²) in [4.78, 5) is 4.91. The van der Waals surface area contributed by atoms with Crippen LogP contribution in [0.4, 0.5) is 0 Å². The predicted octanol–water partition coefficient (Wildman–Crippen LogP) is 1.63. The van der Waals surface area contributed by atoms with Gasteiger partial charge >= 0.3 is 0 Å². The maximum absolute atomic E-state index is 6.17. The maximum atomic E-state index is 6.17. The number of hydrogen-bond donors (Lipinski definition) is 1. The fraction of sp³-hybridized carbons (Fsp3) is 1.00. The molecule has 0 aromatic heterocycles. The Morgan fingerprint density at radius 3 is 2.35 bits per heavy atom. The van der Waals surface area contributed by atoms with Crippen molar-refractivity contribution in [2.45, 2.75) is 46.2 Å². The van der Waals surface area contributed by atoms with Crippen molar-refractivity contribution in [1.82, 2.24) is 9.80 Å². The first-order chi connectivity index (χ1) is 7.71. The van der Waals surface area contributed by atoms with Crippen LogP contribution in [0.15, 0.2) is 0 Å². The number of likely N-dealkylation sites (tertiary alicyclic amines) is 1. The molecule has 0 radical (unpaired) electrons. The number of nitrogens with zero attached hydrogens (tertiary/aromatic N) is 2. The van der Waals surface area contributed by atoms with E-state index >= 15 is 0 Å². The van der Waals surface area contributed by atoms with Gasteiger partial charge in [0.05, 0.1) is 0 Å². The molecule has 0 bridgehead atoms. The van der Waals surface area contributed by atoms with Crippen LogP contribution in [0.1, 0.15) is 34.1 Å². The summed E-state index contributed by atoms with van der Waals surface area (Å²) in [6, 6.07) is 0.674. The molecule has 1 fully saturated rings. The summed E-state index contributed by atoms with van der Waals surface area (Å²) in [5.74, 6) is 0.814. The number of rotatable bonds is 4. The summed E-state index contributed by atoms with van der Waals surface area (Å²) < 4.78 is 0. The molecule has 102 valence electrons. The highest BCUT2D eigenvalue weighted by molar-refractivity contribution is 4.89. The van der Waals surface area contributed by atoms with Gasteiger partial charge in [0.2, 0.25) is 0 Å². The maximum Gasteiger partial charge on any atom is 0.0289 e. The number of likely N-dealkylation sites (N-methyl/N-ethyl adjacent to an activating group) is 1. The van der Waals surface area contributed by atoms with Crippen molar-refractivity contribution in [2.75, 3.05) is 33.7 Å². The van der Waals surface area contributed by atoms with Crippen molar-refractivity contribution in [3.8, 4) is 0 Å². The molecule has 0 saturated carbocycles. The molecule has 0 amide bonds. The van der Waals surface area contributed by atoms with Crippen LogP contribution in [0.5, 0.6) is 0 Å². The van der Waals surface area contributed by atoms with Crippen LogP contribution in [0.2, 0.25) is 0 Å². The first-order valence-corrected chi connectivity index (χ1v) is 6.86. The zero-order valence-corrected chi connectivity index (χ0v) is 12.5. The van der Waals surface area contributed by atoms with Crippen LogP contribution < -0.4 is 5.73 Å². The Bertz CT molecular complexity index is 232. The van der Waals surface area contributed by atoms with Gasteiger partial charge < -0.3 is 15.5 Å². The molecule has 1 aliphatic rings. The monoisotopic (exact) mass is 241 g/mol. The van der Waals surface area contributed by atoms with Gasteiger partial charge in [-0.2, -0.15) is 0 Å². The Kier molecular flexibility index (Phi) is 4.99. The van der Waals surface area contributed by atoms with Gasteiger partial charge in [0.25, 0.3) is 0 Å². The van der Waals surface area contributed by atoms with E-state index in [0.29, 0.717) is 6.04 Å². The van der Waals surface area contributed by atoms with Crippen molar-refractivity contribution in [2.24, 2.45) is 17.1 Å². The molecule has 3 nitrogen and oxygen atoms in total. The predicted molar refractivity (Wildman–Crippen MR) is 75.1 cm³/mol. The molecule has 3 atom stereocenters. The third kappa shape index (κ3) is 4.23. The minimum atomic E-state index is 0.221. The molecule has 0 aliphatic carbocycles. The second kappa shape index (κ2) is 5.68. The third-order valence-corrected chi connectivity index (χ3v) is 3.90. The topological polar surface area (TPSA) is 32.5 Å². The fourth-order valence-electron chi connectivity index (χ4n) is 3.55. The van der Waals surface area contributed by atoms with Gasteiger partial charge in [-0.25, -0.2) is 0 Å². The molecule has 2 N–H and O–H groups in total. The third-order valence-electron chi connectivity index (χ3n) is 3.90. The van der Waals surface area contributed by atoms with Gasteiger partial charge in [-0.05, 0) is 45.3 Å². The van der Waals surface area contributed by atoms with Crippen LogP contribution in [0.3, 0.4) is 0 Å². The normalized spacial score (nSPS) is 26.5. The summed E-state index contributed by atoms with van der Waals surface area (Å²) in [6.45, 7) is 12.7. The standard InChI is InChI=1S/C14H31N3/c1-11(15)13(14(2,3)4)17(6)10-12-7-8-16(5)9-12/h11-13H,7-10,15H2,1-6H3. The van der Waals surface area contributed by atoms with E-state index in [0.717, 1.165) is 5.92 Å². The molecule has 3 heteroatoms. The minimum absolute atomic E-state index is 0.221. The van der Waals surface area contributed by atoms with Gasteiger partial charge in [0.1, 0.15) is 0 Å². The van der Waals surface area contributed by atoms with Gasteiger partial charge in [-0.15, -0.1) is 0 Å². The van der Waals surface area contributed by atoms with Crippen LogP contribution in [-0.4, -0.2) is 55.6 Å². The summed E-state index contributed by atoms with van der Waals surface area (Å²) in [7, 11) is 4.45. The highest BCUT2D eigenvalue weighted by atomic mass is 15.2. The Hall–Kier alpha value is -0.120. The molecule has 1 aliphatic heterocycles. The molecule has 1 rings (SSSR count). The first-order valence-electron chi connectivity index (χ1n) is 6.86. The van der Waals surface area contributed by atoms with E-state index in [-0.39, 0.29) is 11.5 Å². The summed E-state index contributed by atoms with van der Waals surface area (Å²) in [5, 5.41) is 0. The molecule has 0 spiro atoms. The lowest BCUT2D eigenvalue weighted by molar-refractivity contribution is 0.0925. The first kappa shape index (κ1) is 14.9. The Morgan fingerprint density at radius 2 is 2.00 bits per heavy atom. The molecular formula is C14H31N3. The van der Waals surface area contributed by atoms with Gasteiger partial charge in [-0.3, -0.25) is 0 Å². The minimum Gasteiger partial charge on any atom is -0.327 e. The molecule has 0 aromatic rings.